The van der Waals surface area contributed by atoms with Crippen molar-refractivity contribution in [2.75, 3.05) is 0 Å². The number of hydrogen-bond acceptors (Lipinski definition) is 1. The predicted octanol–water partition coefficient (Wildman–Crippen LogP) is 12.0. The number of thiophene rings is 1. The lowest BCUT2D eigenvalue weighted by Gasteiger charge is -2.24. The first-order valence-corrected chi connectivity index (χ1v) is 15.5. The van der Waals surface area contributed by atoms with E-state index >= 15 is 0 Å². The van der Waals surface area contributed by atoms with E-state index in [9.17, 15) is 0 Å². The highest BCUT2D eigenvalue weighted by Crippen LogP contribution is 2.52. The van der Waals surface area contributed by atoms with Crippen LogP contribution in [-0.4, -0.2) is 0 Å². The Morgan fingerprint density at radius 2 is 1.17 bits per heavy atom. The Labute approximate surface area is 249 Å². The van der Waals surface area contributed by atoms with Crippen molar-refractivity contribution in [1.82, 2.24) is 0 Å². The van der Waals surface area contributed by atoms with Gasteiger partial charge in [-0.05, 0) is 90.3 Å². The lowest BCUT2D eigenvalue weighted by Crippen LogP contribution is -2.15. The van der Waals surface area contributed by atoms with Crippen LogP contribution in [0.1, 0.15) is 25.0 Å². The molecule has 0 saturated heterocycles. The summed E-state index contributed by atoms with van der Waals surface area (Å²) >= 11 is 1.90. The minimum atomic E-state index is -0.0857. The third-order valence-electron chi connectivity index (χ3n) is 9.43. The second kappa shape index (κ2) is 8.64. The van der Waals surface area contributed by atoms with Crippen molar-refractivity contribution in [2.24, 2.45) is 0 Å². The highest BCUT2D eigenvalue weighted by Gasteiger charge is 2.37. The summed E-state index contributed by atoms with van der Waals surface area (Å²) in [6.45, 7) is 4.79. The summed E-state index contributed by atoms with van der Waals surface area (Å²) in [6.07, 6.45) is 0. The molecule has 0 atom stereocenters. The molecule has 0 spiro atoms. The summed E-state index contributed by atoms with van der Waals surface area (Å²) in [5.41, 5.74) is 10.7. The smallest absolute Gasteiger partial charge is 0.0433 e. The molecule has 0 N–H and O–H groups in total. The van der Waals surface area contributed by atoms with Gasteiger partial charge in [0.05, 0.1) is 0 Å². The Morgan fingerprint density at radius 3 is 2.05 bits per heavy atom. The monoisotopic (exact) mass is 552 g/mol. The summed E-state index contributed by atoms with van der Waals surface area (Å²) in [5.74, 6) is 0. The molecule has 1 aromatic heterocycles. The average Bonchev–Trinajstić information content (AvgIpc) is 3.52. The van der Waals surface area contributed by atoms with Crippen molar-refractivity contribution in [3.8, 4) is 33.4 Å². The molecule has 0 amide bonds. The molecule has 1 heterocycles. The Balaban J connectivity index is 1.27. The van der Waals surface area contributed by atoms with E-state index in [4.69, 9.17) is 0 Å². The van der Waals surface area contributed by atoms with Gasteiger partial charge in [0.2, 0.25) is 0 Å². The topological polar surface area (TPSA) is 0 Å². The maximum atomic E-state index is 2.47. The minimum Gasteiger partial charge on any atom is -0.135 e. The van der Waals surface area contributed by atoms with Crippen LogP contribution >= 0.6 is 11.3 Å². The van der Waals surface area contributed by atoms with Gasteiger partial charge in [0.25, 0.3) is 0 Å². The zero-order valence-corrected chi connectivity index (χ0v) is 24.4. The molecule has 42 heavy (non-hydrogen) atoms. The van der Waals surface area contributed by atoms with Crippen LogP contribution in [0, 0.1) is 0 Å². The maximum absolute atomic E-state index is 2.47. The summed E-state index contributed by atoms with van der Waals surface area (Å²) in [6, 6.07) is 49.8. The summed E-state index contributed by atoms with van der Waals surface area (Å²) in [5, 5.41) is 7.93. The van der Waals surface area contributed by atoms with Crippen LogP contribution < -0.4 is 0 Å². The van der Waals surface area contributed by atoms with Gasteiger partial charge in [0.1, 0.15) is 0 Å². The Hall–Kier alpha value is -4.72. The third kappa shape index (κ3) is 3.29. The van der Waals surface area contributed by atoms with Gasteiger partial charge in [-0.3, -0.25) is 0 Å². The van der Waals surface area contributed by atoms with Gasteiger partial charge in [-0.25, -0.2) is 0 Å². The molecule has 7 aromatic carbocycles. The maximum Gasteiger partial charge on any atom is 0.0433 e. The summed E-state index contributed by atoms with van der Waals surface area (Å²) < 4.78 is 2.70. The largest absolute Gasteiger partial charge is 0.135 e. The zero-order valence-electron chi connectivity index (χ0n) is 23.6. The van der Waals surface area contributed by atoms with E-state index in [-0.39, 0.29) is 5.41 Å². The van der Waals surface area contributed by atoms with Gasteiger partial charge >= 0.3 is 0 Å². The zero-order chi connectivity index (χ0) is 28.0. The first-order chi connectivity index (χ1) is 20.6. The van der Waals surface area contributed by atoms with E-state index in [2.05, 4.69) is 147 Å². The fraction of sp³-hybridized carbons (Fsp3) is 0.0732. The van der Waals surface area contributed by atoms with Crippen LogP contribution in [0.15, 0.2) is 133 Å². The van der Waals surface area contributed by atoms with E-state index in [0.29, 0.717) is 0 Å². The van der Waals surface area contributed by atoms with Crippen LogP contribution in [0.3, 0.4) is 0 Å². The fourth-order valence-electron chi connectivity index (χ4n) is 7.45. The molecule has 198 valence electrons. The van der Waals surface area contributed by atoms with Crippen LogP contribution in [0.4, 0.5) is 0 Å². The van der Waals surface area contributed by atoms with Gasteiger partial charge in [-0.1, -0.05) is 123 Å². The lowest BCUT2D eigenvalue weighted by atomic mass is 9.79. The molecule has 8 aromatic rings. The summed E-state index contributed by atoms with van der Waals surface area (Å²) in [4.78, 5) is 0. The normalized spacial score (nSPS) is 13.7. The molecule has 1 aliphatic rings. The Morgan fingerprint density at radius 1 is 0.452 bits per heavy atom. The van der Waals surface area contributed by atoms with E-state index in [1.54, 1.807) is 0 Å². The standard InChI is InChI=1S/C41H28S/c1-41(2)37-24-27(19-20-32(37)34-21-18-25-10-3-6-13-30(25)39(34)41)36-23-28(22-26-11-4-5-12-29(26)36)31-15-9-16-35-33-14-7-8-17-38(33)42-40(31)35/h3-24H,1-2H3. The highest BCUT2D eigenvalue weighted by molar-refractivity contribution is 7.26. The second-order valence-corrected chi connectivity index (χ2v) is 13.2. The molecular weight excluding hydrogens is 525 g/mol. The number of rotatable bonds is 2. The number of benzene rings is 7. The van der Waals surface area contributed by atoms with Crippen LogP contribution in [0.25, 0.3) is 75.1 Å². The minimum absolute atomic E-state index is 0.0857. The quantitative estimate of drug-likeness (QED) is 0.200. The van der Waals surface area contributed by atoms with Gasteiger partial charge < -0.3 is 0 Å². The molecule has 1 heteroatoms. The third-order valence-corrected chi connectivity index (χ3v) is 10.6. The molecule has 0 radical (unpaired) electrons. The molecule has 1 aliphatic carbocycles. The van der Waals surface area contributed by atoms with E-state index in [0.717, 1.165) is 0 Å². The van der Waals surface area contributed by atoms with E-state index < -0.39 is 0 Å². The van der Waals surface area contributed by atoms with Crippen LogP contribution in [0.2, 0.25) is 0 Å². The van der Waals surface area contributed by atoms with Crippen molar-refractivity contribution in [3.63, 3.8) is 0 Å². The van der Waals surface area contributed by atoms with E-state index in [1.807, 2.05) is 11.3 Å². The van der Waals surface area contributed by atoms with Crippen molar-refractivity contribution < 1.29 is 0 Å². The number of hydrogen-bond donors (Lipinski definition) is 0. The Kier molecular flexibility index (Phi) is 4.93. The first kappa shape index (κ1) is 23.9. The molecule has 9 rings (SSSR count). The average molecular weight is 553 g/mol. The van der Waals surface area contributed by atoms with Gasteiger partial charge in [0.15, 0.2) is 0 Å². The molecular formula is C41H28S. The molecule has 0 aliphatic heterocycles. The molecule has 0 nitrogen and oxygen atoms in total. The molecule has 0 saturated carbocycles. The first-order valence-electron chi connectivity index (χ1n) is 14.7. The van der Waals surface area contributed by atoms with Gasteiger partial charge in [-0.2, -0.15) is 0 Å². The molecule has 0 bridgehead atoms. The van der Waals surface area contributed by atoms with E-state index in [1.165, 1.54) is 86.2 Å². The lowest BCUT2D eigenvalue weighted by molar-refractivity contribution is 0.666. The van der Waals surface area contributed by atoms with Gasteiger partial charge in [-0.15, -0.1) is 11.3 Å². The Bertz CT molecular complexity index is 2380. The second-order valence-electron chi connectivity index (χ2n) is 12.1. The summed E-state index contributed by atoms with van der Waals surface area (Å²) in [7, 11) is 0. The molecule has 0 unspecified atom stereocenters. The number of fused-ring (bicyclic) bond motifs is 9. The van der Waals surface area contributed by atoms with Gasteiger partial charge in [0, 0.05) is 25.6 Å². The highest BCUT2D eigenvalue weighted by atomic mass is 32.1. The van der Waals surface area contributed by atoms with Crippen molar-refractivity contribution in [1.29, 1.82) is 0 Å². The SMILES string of the molecule is CC1(C)c2cc(-c3cc(-c4cccc5c4sc4ccccc45)cc4ccccc34)ccc2-c2ccc3ccccc3c21. The fourth-order valence-corrected chi connectivity index (χ4v) is 8.69. The predicted molar refractivity (Wildman–Crippen MR) is 183 cm³/mol. The van der Waals surface area contributed by atoms with Crippen LogP contribution in [-0.2, 0) is 5.41 Å². The molecule has 0 fully saturated rings. The van der Waals surface area contributed by atoms with Crippen molar-refractivity contribution >= 4 is 53.1 Å². The van der Waals surface area contributed by atoms with Crippen LogP contribution in [0.5, 0.6) is 0 Å². The van der Waals surface area contributed by atoms with Crippen molar-refractivity contribution in [3.05, 3.63) is 145 Å². The van der Waals surface area contributed by atoms with Crippen molar-refractivity contribution in [2.45, 2.75) is 19.3 Å².